The summed E-state index contributed by atoms with van der Waals surface area (Å²) in [5.41, 5.74) is 1.29. The number of nitrogens with one attached hydrogen (secondary N) is 1. The van der Waals surface area contributed by atoms with Gasteiger partial charge in [0.25, 0.3) is 5.91 Å². The number of likely N-dealkylation sites (tertiary alicyclic amines) is 1. The SMILES string of the molecule is CN1CCCCC1Cc1ccc(OC2CCC(=O)NC2=O)cc1. The third-order valence-electron chi connectivity index (χ3n) is 4.78. The van der Waals surface area contributed by atoms with Crippen molar-refractivity contribution < 1.29 is 14.3 Å². The van der Waals surface area contributed by atoms with Crippen LogP contribution in [0.2, 0.25) is 0 Å². The average molecular weight is 316 g/mol. The second-order valence-corrected chi connectivity index (χ2v) is 6.54. The summed E-state index contributed by atoms with van der Waals surface area (Å²) in [5, 5.41) is 2.31. The zero-order valence-electron chi connectivity index (χ0n) is 13.6. The minimum absolute atomic E-state index is 0.221. The Morgan fingerprint density at radius 1 is 1.17 bits per heavy atom. The van der Waals surface area contributed by atoms with Crippen molar-refractivity contribution in [3.8, 4) is 5.75 Å². The number of ether oxygens (including phenoxy) is 1. The van der Waals surface area contributed by atoms with Gasteiger partial charge in [0.15, 0.2) is 6.10 Å². The van der Waals surface area contributed by atoms with Crippen molar-refractivity contribution in [3.63, 3.8) is 0 Å². The Morgan fingerprint density at radius 2 is 1.96 bits per heavy atom. The molecule has 2 amide bonds. The molecular formula is C18H24N2O3. The molecule has 0 bridgehead atoms. The molecule has 1 aromatic rings. The van der Waals surface area contributed by atoms with Gasteiger partial charge in [-0.25, -0.2) is 0 Å². The van der Waals surface area contributed by atoms with Crippen molar-refractivity contribution in [1.82, 2.24) is 10.2 Å². The van der Waals surface area contributed by atoms with Crippen LogP contribution in [0.3, 0.4) is 0 Å². The molecular weight excluding hydrogens is 292 g/mol. The zero-order valence-corrected chi connectivity index (χ0v) is 13.6. The van der Waals surface area contributed by atoms with E-state index in [1.807, 2.05) is 12.1 Å². The van der Waals surface area contributed by atoms with Crippen LogP contribution in [0.15, 0.2) is 24.3 Å². The van der Waals surface area contributed by atoms with E-state index >= 15 is 0 Å². The first-order valence-corrected chi connectivity index (χ1v) is 8.41. The largest absolute Gasteiger partial charge is 0.481 e. The normalized spacial score (nSPS) is 26.0. The van der Waals surface area contributed by atoms with Crippen molar-refractivity contribution in [3.05, 3.63) is 29.8 Å². The van der Waals surface area contributed by atoms with E-state index in [9.17, 15) is 9.59 Å². The number of piperidine rings is 2. The molecule has 2 unspecified atom stereocenters. The van der Waals surface area contributed by atoms with E-state index in [1.54, 1.807) is 0 Å². The third kappa shape index (κ3) is 4.10. The van der Waals surface area contributed by atoms with Gasteiger partial charge in [-0.3, -0.25) is 14.9 Å². The monoisotopic (exact) mass is 316 g/mol. The number of benzene rings is 1. The molecule has 5 nitrogen and oxygen atoms in total. The van der Waals surface area contributed by atoms with Gasteiger partial charge in [0.05, 0.1) is 0 Å². The number of rotatable bonds is 4. The van der Waals surface area contributed by atoms with Gasteiger partial charge in [-0.15, -0.1) is 0 Å². The highest BCUT2D eigenvalue weighted by atomic mass is 16.5. The van der Waals surface area contributed by atoms with Gasteiger partial charge in [0, 0.05) is 18.9 Å². The summed E-state index contributed by atoms with van der Waals surface area (Å²) in [6.45, 7) is 1.18. The molecule has 0 spiro atoms. The van der Waals surface area contributed by atoms with E-state index in [0.717, 1.165) is 6.42 Å². The first-order chi connectivity index (χ1) is 11.1. The standard InChI is InChI=1S/C18H24N2O3/c1-20-11-3-2-4-14(20)12-13-5-7-15(8-6-13)23-16-9-10-17(21)19-18(16)22/h5-8,14,16H,2-4,9-12H2,1H3,(H,19,21,22). The molecule has 1 N–H and O–H groups in total. The Bertz CT molecular complexity index is 570. The molecule has 0 aliphatic carbocycles. The van der Waals surface area contributed by atoms with Gasteiger partial charge in [-0.1, -0.05) is 18.6 Å². The second kappa shape index (κ2) is 7.13. The van der Waals surface area contributed by atoms with Crippen molar-refractivity contribution in [2.75, 3.05) is 13.6 Å². The first kappa shape index (κ1) is 16.0. The summed E-state index contributed by atoms with van der Waals surface area (Å²) >= 11 is 0. The summed E-state index contributed by atoms with van der Waals surface area (Å²) in [5.74, 6) is 0.121. The lowest BCUT2D eigenvalue weighted by Crippen LogP contribution is -2.46. The second-order valence-electron chi connectivity index (χ2n) is 6.54. The summed E-state index contributed by atoms with van der Waals surface area (Å²) in [6, 6.07) is 8.60. The molecule has 2 saturated heterocycles. The van der Waals surface area contributed by atoms with Crippen molar-refractivity contribution in [2.45, 2.75) is 50.7 Å². The Hall–Kier alpha value is -1.88. The number of hydrogen-bond donors (Lipinski definition) is 1. The van der Waals surface area contributed by atoms with Crippen LogP contribution >= 0.6 is 0 Å². The van der Waals surface area contributed by atoms with E-state index in [0.29, 0.717) is 24.6 Å². The van der Waals surface area contributed by atoms with Crippen LogP contribution in [0.1, 0.15) is 37.7 Å². The minimum Gasteiger partial charge on any atom is -0.481 e. The van der Waals surface area contributed by atoms with Gasteiger partial charge in [0.2, 0.25) is 5.91 Å². The van der Waals surface area contributed by atoms with E-state index in [4.69, 9.17) is 4.74 Å². The van der Waals surface area contributed by atoms with Crippen molar-refractivity contribution >= 4 is 11.8 Å². The van der Waals surface area contributed by atoms with Crippen molar-refractivity contribution in [2.24, 2.45) is 0 Å². The number of likely N-dealkylation sites (N-methyl/N-ethyl adjacent to an activating group) is 1. The molecule has 2 aliphatic rings. The molecule has 2 atom stereocenters. The fourth-order valence-electron chi connectivity index (χ4n) is 3.33. The highest BCUT2D eigenvalue weighted by Crippen LogP contribution is 2.22. The summed E-state index contributed by atoms with van der Waals surface area (Å²) in [4.78, 5) is 25.3. The van der Waals surface area contributed by atoms with Crippen LogP contribution < -0.4 is 10.1 Å². The molecule has 23 heavy (non-hydrogen) atoms. The van der Waals surface area contributed by atoms with Crippen LogP contribution in [-0.4, -0.2) is 42.5 Å². The van der Waals surface area contributed by atoms with Gasteiger partial charge >= 0.3 is 0 Å². The first-order valence-electron chi connectivity index (χ1n) is 8.41. The topological polar surface area (TPSA) is 58.6 Å². The molecule has 0 radical (unpaired) electrons. The average Bonchev–Trinajstić information content (AvgIpc) is 2.54. The predicted octanol–water partition coefficient (Wildman–Crippen LogP) is 1.90. The molecule has 2 heterocycles. The Balaban J connectivity index is 1.56. The number of nitrogens with zero attached hydrogens (tertiary/aromatic N) is 1. The molecule has 0 aromatic heterocycles. The predicted molar refractivity (Wildman–Crippen MR) is 87.2 cm³/mol. The Kier molecular flexibility index (Phi) is 4.96. The lowest BCUT2D eigenvalue weighted by Gasteiger charge is -2.32. The lowest BCUT2D eigenvalue weighted by molar-refractivity contribution is -0.138. The highest BCUT2D eigenvalue weighted by Gasteiger charge is 2.28. The Morgan fingerprint density at radius 3 is 2.65 bits per heavy atom. The minimum atomic E-state index is -0.567. The molecule has 3 rings (SSSR count). The van der Waals surface area contributed by atoms with E-state index in [-0.39, 0.29) is 11.8 Å². The third-order valence-corrected chi connectivity index (χ3v) is 4.78. The maximum absolute atomic E-state index is 11.7. The van der Waals surface area contributed by atoms with E-state index in [2.05, 4.69) is 29.4 Å². The van der Waals surface area contributed by atoms with Crippen LogP contribution in [0.4, 0.5) is 0 Å². The van der Waals surface area contributed by atoms with Crippen LogP contribution in [-0.2, 0) is 16.0 Å². The molecule has 5 heteroatoms. The molecule has 2 aliphatic heterocycles. The number of imide groups is 1. The molecule has 0 saturated carbocycles. The number of carbonyl (C=O) groups excluding carboxylic acids is 2. The van der Waals surface area contributed by atoms with Gasteiger partial charge in [0.1, 0.15) is 5.75 Å². The summed E-state index contributed by atoms with van der Waals surface area (Å²) in [6.07, 6.45) is 5.13. The van der Waals surface area contributed by atoms with Crippen molar-refractivity contribution in [1.29, 1.82) is 0 Å². The lowest BCUT2D eigenvalue weighted by atomic mass is 9.96. The van der Waals surface area contributed by atoms with Gasteiger partial charge in [-0.05, 0) is 50.6 Å². The molecule has 1 aromatic carbocycles. The zero-order chi connectivity index (χ0) is 16.2. The Labute approximate surface area is 137 Å². The van der Waals surface area contributed by atoms with Crippen LogP contribution in [0.25, 0.3) is 0 Å². The fraction of sp³-hybridized carbons (Fsp3) is 0.556. The van der Waals surface area contributed by atoms with Crippen LogP contribution in [0.5, 0.6) is 5.75 Å². The van der Waals surface area contributed by atoms with E-state index < -0.39 is 6.10 Å². The maximum atomic E-state index is 11.7. The highest BCUT2D eigenvalue weighted by molar-refractivity contribution is 5.99. The smallest absolute Gasteiger partial charge is 0.267 e. The quantitative estimate of drug-likeness (QED) is 0.862. The van der Waals surface area contributed by atoms with Gasteiger partial charge in [-0.2, -0.15) is 0 Å². The van der Waals surface area contributed by atoms with Crippen LogP contribution in [0, 0.1) is 0 Å². The molecule has 2 fully saturated rings. The number of hydrogen-bond acceptors (Lipinski definition) is 4. The maximum Gasteiger partial charge on any atom is 0.267 e. The number of amides is 2. The summed E-state index contributed by atoms with van der Waals surface area (Å²) < 4.78 is 5.71. The van der Waals surface area contributed by atoms with E-state index in [1.165, 1.54) is 31.4 Å². The number of carbonyl (C=O) groups is 2. The molecule has 124 valence electrons. The fourth-order valence-corrected chi connectivity index (χ4v) is 3.33. The van der Waals surface area contributed by atoms with Gasteiger partial charge < -0.3 is 9.64 Å². The summed E-state index contributed by atoms with van der Waals surface area (Å²) in [7, 11) is 2.20.